The standard InChI is InChI=1S/C12H20N2O/c1-2-3-4-6-10-14-12(15)11-8-5-7-9-13-11/h1,11,13H,3-10H2,(H,14,15). The van der Waals surface area contributed by atoms with E-state index in [2.05, 4.69) is 16.6 Å². The van der Waals surface area contributed by atoms with E-state index < -0.39 is 0 Å². The zero-order chi connectivity index (χ0) is 10.9. The van der Waals surface area contributed by atoms with Crippen LogP contribution < -0.4 is 10.6 Å². The molecule has 1 aliphatic heterocycles. The van der Waals surface area contributed by atoms with Gasteiger partial charge < -0.3 is 10.6 Å². The average Bonchev–Trinajstić information content (AvgIpc) is 2.30. The van der Waals surface area contributed by atoms with Crippen LogP contribution in [0.1, 0.15) is 38.5 Å². The van der Waals surface area contributed by atoms with Crippen LogP contribution in [-0.4, -0.2) is 25.0 Å². The molecule has 0 aromatic heterocycles. The van der Waals surface area contributed by atoms with E-state index in [1.54, 1.807) is 0 Å². The van der Waals surface area contributed by atoms with Crippen LogP contribution in [0.2, 0.25) is 0 Å². The molecule has 1 atom stereocenters. The molecule has 0 saturated carbocycles. The molecule has 15 heavy (non-hydrogen) atoms. The van der Waals surface area contributed by atoms with Crippen LogP contribution in [-0.2, 0) is 4.79 Å². The SMILES string of the molecule is C#CCCCCNC(=O)C1CCCCN1. The second-order valence-electron chi connectivity index (χ2n) is 3.95. The minimum absolute atomic E-state index is 0.0337. The Balaban J connectivity index is 2.05. The summed E-state index contributed by atoms with van der Waals surface area (Å²) < 4.78 is 0. The molecule has 0 aromatic carbocycles. The fourth-order valence-electron chi connectivity index (χ4n) is 1.76. The third-order valence-corrected chi connectivity index (χ3v) is 2.67. The van der Waals surface area contributed by atoms with Gasteiger partial charge in [-0.1, -0.05) is 6.42 Å². The summed E-state index contributed by atoms with van der Waals surface area (Å²) in [5, 5.41) is 6.17. The Kier molecular flexibility index (Phi) is 5.87. The van der Waals surface area contributed by atoms with Crippen LogP contribution in [0.4, 0.5) is 0 Å². The summed E-state index contributed by atoms with van der Waals surface area (Å²) in [5.74, 6) is 2.74. The largest absolute Gasteiger partial charge is 0.355 e. The van der Waals surface area contributed by atoms with Crippen molar-refractivity contribution in [3.05, 3.63) is 0 Å². The number of amides is 1. The predicted octanol–water partition coefficient (Wildman–Crippen LogP) is 1.05. The molecule has 0 bridgehead atoms. The summed E-state index contributed by atoms with van der Waals surface area (Å²) in [6.45, 7) is 1.72. The van der Waals surface area contributed by atoms with E-state index in [0.29, 0.717) is 0 Å². The highest BCUT2D eigenvalue weighted by atomic mass is 16.2. The molecule has 3 heteroatoms. The molecule has 1 amide bonds. The molecule has 0 aliphatic carbocycles. The Hall–Kier alpha value is -1.01. The van der Waals surface area contributed by atoms with Crippen molar-refractivity contribution < 1.29 is 4.79 Å². The summed E-state index contributed by atoms with van der Waals surface area (Å²) in [6.07, 6.45) is 11.2. The normalized spacial score (nSPS) is 20.6. The van der Waals surface area contributed by atoms with Crippen molar-refractivity contribution >= 4 is 5.91 Å². The van der Waals surface area contributed by atoms with Gasteiger partial charge in [-0.15, -0.1) is 12.3 Å². The number of hydrogen-bond acceptors (Lipinski definition) is 2. The van der Waals surface area contributed by atoms with E-state index in [1.165, 1.54) is 6.42 Å². The molecular weight excluding hydrogens is 188 g/mol. The average molecular weight is 208 g/mol. The number of rotatable bonds is 5. The van der Waals surface area contributed by atoms with Crippen LogP contribution in [0.3, 0.4) is 0 Å². The molecule has 1 saturated heterocycles. The van der Waals surface area contributed by atoms with Gasteiger partial charge in [-0.2, -0.15) is 0 Å². The lowest BCUT2D eigenvalue weighted by Gasteiger charge is -2.22. The van der Waals surface area contributed by atoms with E-state index in [4.69, 9.17) is 6.42 Å². The first-order chi connectivity index (χ1) is 7.34. The lowest BCUT2D eigenvalue weighted by molar-refractivity contribution is -0.123. The Labute approximate surface area is 92.0 Å². The number of terminal acetylenes is 1. The zero-order valence-electron chi connectivity index (χ0n) is 9.22. The summed E-state index contributed by atoms with van der Waals surface area (Å²) in [5.41, 5.74) is 0. The number of nitrogens with one attached hydrogen (secondary N) is 2. The van der Waals surface area contributed by atoms with Crippen molar-refractivity contribution in [3.63, 3.8) is 0 Å². The lowest BCUT2D eigenvalue weighted by Crippen LogP contribution is -2.46. The molecule has 3 nitrogen and oxygen atoms in total. The maximum Gasteiger partial charge on any atom is 0.237 e. The van der Waals surface area contributed by atoms with Crippen molar-refractivity contribution in [3.8, 4) is 12.3 Å². The predicted molar refractivity (Wildman–Crippen MR) is 61.3 cm³/mol. The van der Waals surface area contributed by atoms with Gasteiger partial charge >= 0.3 is 0 Å². The summed E-state index contributed by atoms with van der Waals surface area (Å²) in [7, 11) is 0. The smallest absolute Gasteiger partial charge is 0.237 e. The number of unbranched alkanes of at least 4 members (excludes halogenated alkanes) is 2. The zero-order valence-corrected chi connectivity index (χ0v) is 9.22. The molecular formula is C12H20N2O. The van der Waals surface area contributed by atoms with Crippen LogP contribution in [0.5, 0.6) is 0 Å². The minimum atomic E-state index is 0.0337. The maximum atomic E-state index is 11.6. The molecule has 1 heterocycles. The van der Waals surface area contributed by atoms with Gasteiger partial charge in [0.2, 0.25) is 5.91 Å². The first-order valence-corrected chi connectivity index (χ1v) is 5.79. The number of carbonyl (C=O) groups excluding carboxylic acids is 1. The third kappa shape index (κ3) is 4.85. The molecule has 0 spiro atoms. The van der Waals surface area contributed by atoms with Gasteiger partial charge in [0.05, 0.1) is 6.04 Å². The fraction of sp³-hybridized carbons (Fsp3) is 0.750. The van der Waals surface area contributed by atoms with Crippen LogP contribution in [0, 0.1) is 12.3 Å². The van der Waals surface area contributed by atoms with Crippen molar-refractivity contribution in [1.29, 1.82) is 0 Å². The Morgan fingerprint density at radius 1 is 1.47 bits per heavy atom. The molecule has 2 N–H and O–H groups in total. The quantitative estimate of drug-likeness (QED) is 0.524. The summed E-state index contributed by atoms with van der Waals surface area (Å²) in [4.78, 5) is 11.6. The molecule has 1 rings (SSSR count). The number of hydrogen-bond donors (Lipinski definition) is 2. The van der Waals surface area contributed by atoms with Crippen LogP contribution in [0.15, 0.2) is 0 Å². The second kappa shape index (κ2) is 7.30. The van der Waals surface area contributed by atoms with Gasteiger partial charge in [-0.3, -0.25) is 4.79 Å². The van der Waals surface area contributed by atoms with Gasteiger partial charge in [-0.25, -0.2) is 0 Å². The first-order valence-electron chi connectivity index (χ1n) is 5.79. The van der Waals surface area contributed by atoms with Gasteiger partial charge in [0.25, 0.3) is 0 Å². The van der Waals surface area contributed by atoms with Crippen LogP contribution in [0.25, 0.3) is 0 Å². The van der Waals surface area contributed by atoms with Gasteiger partial charge in [0.1, 0.15) is 0 Å². The third-order valence-electron chi connectivity index (χ3n) is 2.67. The van der Waals surface area contributed by atoms with E-state index in [9.17, 15) is 4.79 Å². The highest BCUT2D eigenvalue weighted by molar-refractivity contribution is 5.81. The van der Waals surface area contributed by atoms with Gasteiger partial charge in [0.15, 0.2) is 0 Å². The Bertz CT molecular complexity index is 226. The number of piperidine rings is 1. The monoisotopic (exact) mass is 208 g/mol. The molecule has 1 aliphatic rings. The van der Waals surface area contributed by atoms with Gasteiger partial charge in [0, 0.05) is 13.0 Å². The fourth-order valence-corrected chi connectivity index (χ4v) is 1.76. The van der Waals surface area contributed by atoms with E-state index in [1.807, 2.05) is 0 Å². The van der Waals surface area contributed by atoms with Crippen LogP contribution >= 0.6 is 0 Å². The van der Waals surface area contributed by atoms with Gasteiger partial charge in [-0.05, 0) is 32.2 Å². The Morgan fingerprint density at radius 2 is 2.33 bits per heavy atom. The summed E-state index contributed by atoms with van der Waals surface area (Å²) in [6, 6.07) is 0.0337. The van der Waals surface area contributed by atoms with Crippen molar-refractivity contribution in [2.75, 3.05) is 13.1 Å². The maximum absolute atomic E-state index is 11.6. The van der Waals surface area contributed by atoms with Crippen molar-refractivity contribution in [1.82, 2.24) is 10.6 Å². The molecule has 84 valence electrons. The molecule has 1 fully saturated rings. The lowest BCUT2D eigenvalue weighted by atomic mass is 10.0. The minimum Gasteiger partial charge on any atom is -0.355 e. The Morgan fingerprint density at radius 3 is 3.00 bits per heavy atom. The second-order valence-corrected chi connectivity index (χ2v) is 3.95. The molecule has 1 unspecified atom stereocenters. The van der Waals surface area contributed by atoms with Crippen molar-refractivity contribution in [2.45, 2.75) is 44.6 Å². The van der Waals surface area contributed by atoms with Crippen molar-refractivity contribution in [2.24, 2.45) is 0 Å². The van der Waals surface area contributed by atoms with E-state index >= 15 is 0 Å². The number of carbonyl (C=O) groups is 1. The molecule has 0 aromatic rings. The topological polar surface area (TPSA) is 41.1 Å². The van der Waals surface area contributed by atoms with E-state index in [0.717, 1.165) is 45.2 Å². The summed E-state index contributed by atoms with van der Waals surface area (Å²) >= 11 is 0. The van der Waals surface area contributed by atoms with E-state index in [-0.39, 0.29) is 11.9 Å². The molecule has 0 radical (unpaired) electrons. The first kappa shape index (κ1) is 12.1. The highest BCUT2D eigenvalue weighted by Crippen LogP contribution is 2.06. The highest BCUT2D eigenvalue weighted by Gasteiger charge is 2.19.